The zero-order valence-electron chi connectivity index (χ0n) is 10.9. The number of benzene rings is 1. The maximum atomic E-state index is 12.1. The highest BCUT2D eigenvalue weighted by atomic mass is 35.6. The third kappa shape index (κ3) is 5.16. The van der Waals surface area contributed by atoms with Gasteiger partial charge in [-0.1, -0.05) is 71.2 Å². The van der Waals surface area contributed by atoms with Crippen molar-refractivity contribution in [3.8, 4) is 0 Å². The molecule has 1 heterocycles. The Morgan fingerprint density at radius 3 is 2.48 bits per heavy atom. The first kappa shape index (κ1) is 16.6. The molecule has 2 rings (SSSR count). The van der Waals surface area contributed by atoms with Crippen LogP contribution < -0.4 is 10.6 Å². The minimum atomic E-state index is -1.60. The van der Waals surface area contributed by atoms with Gasteiger partial charge in [-0.3, -0.25) is 10.1 Å². The second-order valence-corrected chi connectivity index (χ2v) is 7.71. The van der Waals surface area contributed by atoms with Crippen LogP contribution in [0, 0.1) is 0 Å². The third-order valence-corrected chi connectivity index (χ3v) is 4.39. The van der Waals surface area contributed by atoms with E-state index in [4.69, 9.17) is 34.8 Å². The molecule has 7 heteroatoms. The van der Waals surface area contributed by atoms with Crippen LogP contribution in [0.25, 0.3) is 0 Å². The summed E-state index contributed by atoms with van der Waals surface area (Å²) >= 11 is 19.2. The van der Waals surface area contributed by atoms with Crippen LogP contribution in [-0.4, -0.2) is 15.9 Å². The van der Waals surface area contributed by atoms with E-state index >= 15 is 0 Å². The van der Waals surface area contributed by atoms with Crippen molar-refractivity contribution in [1.29, 1.82) is 0 Å². The first-order chi connectivity index (χ1) is 9.97. The van der Waals surface area contributed by atoms with Gasteiger partial charge in [0.05, 0.1) is 4.88 Å². The molecule has 0 fully saturated rings. The van der Waals surface area contributed by atoms with Gasteiger partial charge in [0.25, 0.3) is 9.70 Å². The number of amides is 1. The Morgan fingerprint density at radius 1 is 1.19 bits per heavy atom. The van der Waals surface area contributed by atoms with Gasteiger partial charge in [-0.2, -0.15) is 0 Å². The molecule has 1 amide bonds. The third-order valence-electron chi connectivity index (χ3n) is 2.82. The molecule has 0 saturated carbocycles. The molecule has 112 valence electrons. The van der Waals surface area contributed by atoms with Crippen LogP contribution in [0.15, 0.2) is 47.8 Å². The number of quaternary nitrogens is 1. The number of halogens is 3. The molecule has 3 nitrogen and oxygen atoms in total. The molecule has 0 saturated heterocycles. The minimum Gasteiger partial charge on any atom is -0.319 e. The van der Waals surface area contributed by atoms with Gasteiger partial charge < -0.3 is 5.32 Å². The molecule has 2 aromatic rings. The van der Waals surface area contributed by atoms with E-state index in [1.54, 1.807) is 17.4 Å². The highest BCUT2D eigenvalue weighted by Crippen LogP contribution is 2.27. The van der Waals surface area contributed by atoms with Gasteiger partial charge in [0, 0.05) is 5.56 Å². The molecule has 0 aliphatic carbocycles. The summed E-state index contributed by atoms with van der Waals surface area (Å²) in [6.45, 7) is 0.601. The number of hydrogen-bond donors (Lipinski definition) is 2. The average Bonchev–Trinajstić information content (AvgIpc) is 2.97. The monoisotopic (exact) mass is 363 g/mol. The second kappa shape index (κ2) is 7.47. The van der Waals surface area contributed by atoms with E-state index in [9.17, 15) is 4.79 Å². The number of nitrogens with two attached hydrogens (primary N) is 1. The maximum absolute atomic E-state index is 12.1. The first-order valence-electron chi connectivity index (χ1n) is 6.25. The van der Waals surface area contributed by atoms with Crippen LogP contribution in [-0.2, 0) is 6.54 Å². The molecular formula is C14H14Cl3N2OS+. The predicted octanol–water partition coefficient (Wildman–Crippen LogP) is 2.94. The Hall–Kier alpha value is -0.780. The minimum absolute atomic E-state index is 0.245. The molecule has 0 aliphatic rings. The topological polar surface area (TPSA) is 45.7 Å². The van der Waals surface area contributed by atoms with Crippen LogP contribution >= 0.6 is 46.1 Å². The number of carbonyl (C=O) groups excluding carboxylic acids is 1. The molecule has 0 aliphatic heterocycles. The molecule has 3 N–H and O–H groups in total. The van der Waals surface area contributed by atoms with Crippen LogP contribution in [0.4, 0.5) is 0 Å². The highest BCUT2D eigenvalue weighted by molar-refractivity contribution is 7.12. The Labute approximate surface area is 142 Å². The summed E-state index contributed by atoms with van der Waals surface area (Å²) in [6.07, 6.45) is -0.669. The number of rotatable bonds is 5. The predicted molar refractivity (Wildman–Crippen MR) is 87.9 cm³/mol. The standard InChI is InChI=1S/C14H13Cl3N2OS/c15-14(16,17)13(18-9-10-5-2-1-3-6-10)19-12(20)11-7-4-8-21-11/h1-8,13,18H,9H2,(H,19,20)/p+1/t13-/m1/s1. The normalized spacial score (nSPS) is 12.9. The molecule has 0 radical (unpaired) electrons. The van der Waals surface area contributed by atoms with Crippen molar-refractivity contribution in [1.82, 2.24) is 5.32 Å². The zero-order valence-corrected chi connectivity index (χ0v) is 14.0. The van der Waals surface area contributed by atoms with Crippen molar-refractivity contribution in [2.75, 3.05) is 0 Å². The van der Waals surface area contributed by atoms with Crippen molar-refractivity contribution >= 4 is 52.0 Å². The van der Waals surface area contributed by atoms with E-state index in [0.717, 1.165) is 5.56 Å². The van der Waals surface area contributed by atoms with Gasteiger partial charge in [-0.05, 0) is 11.4 Å². The summed E-state index contributed by atoms with van der Waals surface area (Å²) in [6, 6.07) is 13.3. The number of thiophene rings is 1. The van der Waals surface area contributed by atoms with E-state index in [2.05, 4.69) is 5.32 Å². The lowest BCUT2D eigenvalue weighted by Gasteiger charge is -2.23. The molecule has 0 bridgehead atoms. The number of nitrogens with one attached hydrogen (secondary N) is 1. The van der Waals surface area contributed by atoms with Gasteiger partial charge in [0.15, 0.2) is 0 Å². The Kier molecular flexibility index (Phi) is 5.90. The number of hydrogen-bond acceptors (Lipinski definition) is 2. The van der Waals surface area contributed by atoms with Crippen LogP contribution in [0.5, 0.6) is 0 Å². The lowest BCUT2D eigenvalue weighted by Crippen LogP contribution is -2.95. The summed E-state index contributed by atoms with van der Waals surface area (Å²) < 4.78 is -1.60. The van der Waals surface area contributed by atoms with E-state index in [1.807, 2.05) is 35.7 Å². The van der Waals surface area contributed by atoms with E-state index in [1.165, 1.54) is 11.3 Å². The molecule has 0 spiro atoms. The summed E-state index contributed by atoms with van der Waals surface area (Å²) in [4.78, 5) is 12.7. The first-order valence-corrected chi connectivity index (χ1v) is 8.26. The van der Waals surface area contributed by atoms with Gasteiger partial charge in [-0.15, -0.1) is 11.3 Å². The Bertz CT molecular complexity index is 570. The van der Waals surface area contributed by atoms with Crippen LogP contribution in [0.1, 0.15) is 15.2 Å². The maximum Gasteiger partial charge on any atom is 0.265 e. The Balaban J connectivity index is 2.00. The largest absolute Gasteiger partial charge is 0.319 e. The smallest absolute Gasteiger partial charge is 0.265 e. The quantitative estimate of drug-likeness (QED) is 0.622. The number of carbonyl (C=O) groups is 1. The van der Waals surface area contributed by atoms with Gasteiger partial charge in [-0.25, -0.2) is 0 Å². The number of alkyl halides is 3. The molecular weight excluding hydrogens is 351 g/mol. The van der Waals surface area contributed by atoms with Gasteiger partial charge >= 0.3 is 0 Å². The molecule has 21 heavy (non-hydrogen) atoms. The van der Waals surface area contributed by atoms with E-state index < -0.39 is 9.96 Å². The van der Waals surface area contributed by atoms with Gasteiger partial charge in [0.1, 0.15) is 6.54 Å². The van der Waals surface area contributed by atoms with Crippen molar-refractivity contribution < 1.29 is 10.1 Å². The van der Waals surface area contributed by atoms with E-state index in [-0.39, 0.29) is 5.91 Å². The molecule has 1 aromatic heterocycles. The fourth-order valence-electron chi connectivity index (χ4n) is 1.76. The van der Waals surface area contributed by atoms with Crippen LogP contribution in [0.2, 0.25) is 0 Å². The van der Waals surface area contributed by atoms with E-state index in [0.29, 0.717) is 11.4 Å². The van der Waals surface area contributed by atoms with Crippen molar-refractivity contribution in [2.24, 2.45) is 0 Å². The van der Waals surface area contributed by atoms with Crippen LogP contribution in [0.3, 0.4) is 0 Å². The summed E-state index contributed by atoms with van der Waals surface area (Å²) in [5.74, 6) is -0.245. The van der Waals surface area contributed by atoms with Crippen molar-refractivity contribution in [3.05, 3.63) is 58.3 Å². The SMILES string of the molecule is O=C(N[C@@H]([NH2+]Cc1ccccc1)C(Cl)(Cl)Cl)c1cccs1. The van der Waals surface area contributed by atoms with Crippen molar-refractivity contribution in [3.63, 3.8) is 0 Å². The highest BCUT2D eigenvalue weighted by Gasteiger charge is 2.37. The second-order valence-electron chi connectivity index (χ2n) is 4.40. The summed E-state index contributed by atoms with van der Waals surface area (Å²) in [7, 11) is 0. The summed E-state index contributed by atoms with van der Waals surface area (Å²) in [5, 5.41) is 6.38. The Morgan fingerprint density at radius 2 is 1.90 bits per heavy atom. The fraction of sp³-hybridized carbons (Fsp3) is 0.214. The fourth-order valence-corrected chi connectivity index (χ4v) is 2.82. The molecule has 1 atom stereocenters. The zero-order chi connectivity index (χ0) is 15.3. The molecule has 0 unspecified atom stereocenters. The lowest BCUT2D eigenvalue weighted by atomic mass is 10.2. The lowest BCUT2D eigenvalue weighted by molar-refractivity contribution is -0.706. The summed E-state index contributed by atoms with van der Waals surface area (Å²) in [5.41, 5.74) is 1.09. The van der Waals surface area contributed by atoms with Gasteiger partial charge in [0.2, 0.25) is 6.17 Å². The molecule has 1 aromatic carbocycles. The van der Waals surface area contributed by atoms with Crippen molar-refractivity contribution in [2.45, 2.75) is 16.5 Å². The average molecular weight is 365 g/mol.